The van der Waals surface area contributed by atoms with Gasteiger partial charge in [-0.1, -0.05) is 95.4 Å². The monoisotopic (exact) mass is 1140 g/mol. The SMILES string of the molecule is CC(C)[C@H](NC(=O)OC(C)(C)C)C(=O)N1[C@H](c2nc3ccc(C4=C5C=C[C@@H](CC[C@H]6CC=C(C=C6c6ccc7nc([C@@H]8C[C@@H]9CCCC[C@@H]9N8C(=O)[C@@H](NC(=O)OC(C)(C)C(F)(F)F)C(C)C)[nH]c7c6)CC5)C4)cc3[nH]2)C[C@@H]2CCCC[C@@H]21. The van der Waals surface area contributed by atoms with E-state index >= 15 is 0 Å². The fourth-order valence-electron chi connectivity index (χ4n) is 14.8. The molecule has 4 bridgehead atoms. The van der Waals surface area contributed by atoms with Crippen LogP contribution >= 0.6 is 0 Å². The maximum atomic E-state index is 14.8. The first-order valence-electron chi connectivity index (χ1n) is 30.9. The Labute approximate surface area is 486 Å². The number of carbonyl (C=O) groups excluding carboxylic acids is 4. The van der Waals surface area contributed by atoms with Gasteiger partial charge in [0, 0.05) is 12.1 Å². The van der Waals surface area contributed by atoms with Gasteiger partial charge in [0.15, 0.2) is 0 Å². The second-order valence-corrected chi connectivity index (χ2v) is 27.3. The van der Waals surface area contributed by atoms with Crippen LogP contribution in [0.1, 0.15) is 200 Å². The molecule has 2 saturated carbocycles. The number of ether oxygens (including phenoxy) is 2. The van der Waals surface area contributed by atoms with Gasteiger partial charge in [0.05, 0.1) is 34.2 Å². The van der Waals surface area contributed by atoms with E-state index in [2.05, 4.69) is 86.2 Å². The third-order valence-corrected chi connectivity index (χ3v) is 19.3. The summed E-state index contributed by atoms with van der Waals surface area (Å²) in [5.41, 5.74) is 7.79. The summed E-state index contributed by atoms with van der Waals surface area (Å²) >= 11 is 0. The fraction of sp³-hybridized carbons (Fsp3) is 0.606. The number of alkyl halides is 3. The lowest BCUT2D eigenvalue weighted by molar-refractivity contribution is -0.244. The van der Waals surface area contributed by atoms with Crippen molar-refractivity contribution in [2.24, 2.45) is 35.5 Å². The second kappa shape index (κ2) is 22.9. The highest BCUT2D eigenvalue weighted by Crippen LogP contribution is 2.50. The first-order chi connectivity index (χ1) is 39.4. The molecule has 17 heteroatoms. The molecule has 4 fully saturated rings. The standard InChI is InChI=1S/C66H85F3N8O6/c1-36(2)56(74-62(80)82-64(5,6)7)60(78)76-52-16-12-10-14-44(52)34-54(76)58-70-48-28-26-42(32-50(48)72-58)46-30-38-18-22-40(46)23-19-39-21-25-41(24-20-38)47(31-39)43-27-29-49-51(33-43)73-59(71-49)55-35-45-15-11-13-17-53(45)77(55)61(79)57(37(3)4)75-63(81)83-65(8,9)66(67,68)69/h18,21-22,26-29,31-33,36-38,41,44-45,52-57H,10-17,19-20,23-25,30,34-35H2,1-9H3,(H,70,72)(H,71,73)(H,74,80)(H,75,81)/t38-,41-,44-,45-,52-,53-,54-,55-,56-,57-/m0/s1. The molecule has 14 nitrogen and oxygen atoms in total. The van der Waals surface area contributed by atoms with E-state index in [1.807, 2.05) is 39.5 Å². The van der Waals surface area contributed by atoms with Crippen LogP contribution in [0.4, 0.5) is 22.8 Å². The highest BCUT2D eigenvalue weighted by atomic mass is 19.4. The van der Waals surface area contributed by atoms with E-state index in [9.17, 15) is 32.3 Å². The van der Waals surface area contributed by atoms with Gasteiger partial charge in [-0.2, -0.15) is 13.2 Å². The third-order valence-electron chi connectivity index (χ3n) is 19.3. The Morgan fingerprint density at radius 2 is 1.20 bits per heavy atom. The fourth-order valence-corrected chi connectivity index (χ4v) is 14.8. The van der Waals surface area contributed by atoms with E-state index in [1.54, 1.807) is 13.8 Å². The normalized spacial score (nSPS) is 26.6. The average molecular weight is 1140 g/mol. The van der Waals surface area contributed by atoms with E-state index in [0.29, 0.717) is 30.0 Å². The van der Waals surface area contributed by atoms with Crippen LogP contribution in [-0.4, -0.2) is 95.3 Å². The lowest BCUT2D eigenvalue weighted by Gasteiger charge is -2.37. The van der Waals surface area contributed by atoms with Crippen LogP contribution < -0.4 is 10.6 Å². The number of carbonyl (C=O) groups is 4. The number of rotatable bonds is 11. The van der Waals surface area contributed by atoms with E-state index < -0.39 is 53.6 Å². The molecule has 0 radical (unpaired) electrons. The Balaban J connectivity index is 0.822. The van der Waals surface area contributed by atoms with Gasteiger partial charge in [-0.25, -0.2) is 19.6 Å². The first kappa shape index (κ1) is 58.4. The molecule has 83 heavy (non-hydrogen) atoms. The van der Waals surface area contributed by atoms with Crippen molar-refractivity contribution < 1.29 is 41.8 Å². The van der Waals surface area contributed by atoms with Gasteiger partial charge < -0.3 is 39.9 Å². The number of aromatic amines is 2. The molecule has 0 unspecified atom stereocenters. The molecule has 2 aliphatic heterocycles. The Morgan fingerprint density at radius 3 is 1.75 bits per heavy atom. The highest BCUT2D eigenvalue weighted by Gasteiger charge is 2.53. The van der Waals surface area contributed by atoms with Crippen LogP contribution in [0.15, 0.2) is 71.8 Å². The maximum Gasteiger partial charge on any atom is 0.427 e. The number of alkyl carbamates (subject to hydrolysis) is 2. The Morgan fingerprint density at radius 1 is 0.675 bits per heavy atom. The Bertz CT molecular complexity index is 3270. The van der Waals surface area contributed by atoms with Crippen LogP contribution in [0.5, 0.6) is 0 Å². The molecule has 4 N–H and O–H groups in total. The number of aromatic nitrogens is 4. The molecule has 2 aromatic carbocycles. The number of imidazole rings is 2. The number of hydrogen-bond acceptors (Lipinski definition) is 8. The molecular formula is C66H85F3N8O6. The summed E-state index contributed by atoms with van der Waals surface area (Å²) in [6.45, 7) is 14.6. The van der Waals surface area contributed by atoms with Crippen LogP contribution in [0.3, 0.4) is 0 Å². The molecule has 14 rings (SSSR count). The van der Waals surface area contributed by atoms with Crippen LogP contribution in [-0.2, 0) is 19.1 Å². The number of fused-ring (bicyclic) bond motifs is 4. The summed E-state index contributed by atoms with van der Waals surface area (Å²) in [5.74, 6) is 1.78. The molecule has 0 spiro atoms. The van der Waals surface area contributed by atoms with Gasteiger partial charge in [-0.3, -0.25) is 9.59 Å². The van der Waals surface area contributed by atoms with Gasteiger partial charge in [0.1, 0.15) is 29.3 Å². The number of amides is 4. The van der Waals surface area contributed by atoms with Crippen molar-refractivity contribution >= 4 is 57.2 Å². The van der Waals surface area contributed by atoms with Crippen molar-refractivity contribution in [3.8, 4) is 0 Å². The van der Waals surface area contributed by atoms with Gasteiger partial charge >= 0.3 is 18.4 Å². The molecule has 4 amide bonds. The molecule has 10 atom stereocenters. The van der Waals surface area contributed by atoms with Crippen molar-refractivity contribution in [3.63, 3.8) is 0 Å². The van der Waals surface area contributed by atoms with Gasteiger partial charge in [0.2, 0.25) is 17.4 Å². The minimum atomic E-state index is -4.79. The second-order valence-electron chi connectivity index (χ2n) is 27.3. The van der Waals surface area contributed by atoms with Crippen molar-refractivity contribution in [1.29, 1.82) is 0 Å². The Hall–Kier alpha value is -6.39. The molecule has 4 heterocycles. The van der Waals surface area contributed by atoms with Gasteiger partial charge in [0.25, 0.3) is 0 Å². The maximum absolute atomic E-state index is 14.8. The largest absolute Gasteiger partial charge is 0.444 e. The molecule has 8 aliphatic carbocycles. The molecule has 10 aliphatic rings. The highest BCUT2D eigenvalue weighted by molar-refractivity contribution is 5.89. The summed E-state index contributed by atoms with van der Waals surface area (Å²) < 4.78 is 51.6. The summed E-state index contributed by atoms with van der Waals surface area (Å²) in [6, 6.07) is 10.6. The quantitative estimate of drug-likeness (QED) is 0.115. The van der Waals surface area contributed by atoms with E-state index in [1.165, 1.54) is 27.9 Å². The van der Waals surface area contributed by atoms with E-state index in [4.69, 9.17) is 19.4 Å². The summed E-state index contributed by atoms with van der Waals surface area (Å²) in [6.07, 6.45) is 18.3. The molecule has 4 aromatic rings. The average Bonchev–Trinajstić information content (AvgIpc) is 4.26. The number of nitrogens with one attached hydrogen (secondary N) is 4. The smallest absolute Gasteiger partial charge is 0.427 e. The molecule has 2 saturated heterocycles. The zero-order valence-corrected chi connectivity index (χ0v) is 49.9. The van der Waals surface area contributed by atoms with Gasteiger partial charge in [-0.15, -0.1) is 0 Å². The minimum Gasteiger partial charge on any atom is -0.444 e. The van der Waals surface area contributed by atoms with Crippen LogP contribution in [0, 0.1) is 35.5 Å². The number of nitrogens with zero attached hydrogens (tertiary/aromatic N) is 4. The number of allylic oxidation sites excluding steroid dienone is 8. The lowest BCUT2D eigenvalue weighted by atomic mass is 9.75. The lowest BCUT2D eigenvalue weighted by Crippen LogP contribution is -2.55. The molecule has 2 aromatic heterocycles. The number of hydrogen-bond donors (Lipinski definition) is 4. The Kier molecular flexibility index (Phi) is 16.1. The van der Waals surface area contributed by atoms with E-state index in [-0.39, 0.29) is 41.8 Å². The third kappa shape index (κ3) is 12.0. The topological polar surface area (TPSA) is 175 Å². The predicted molar refractivity (Wildman–Crippen MR) is 315 cm³/mol. The minimum absolute atomic E-state index is 0.0755. The molecule has 446 valence electrons. The zero-order chi connectivity index (χ0) is 58.9. The number of likely N-dealkylation sites (tertiary alicyclic amines) is 2. The first-order valence-corrected chi connectivity index (χ1v) is 30.9. The molecular weight excluding hydrogens is 1060 g/mol. The predicted octanol–water partition coefficient (Wildman–Crippen LogP) is 14.7. The van der Waals surface area contributed by atoms with Crippen molar-refractivity contribution in [2.75, 3.05) is 0 Å². The van der Waals surface area contributed by atoms with E-state index in [0.717, 1.165) is 144 Å². The van der Waals surface area contributed by atoms with Crippen molar-refractivity contribution in [3.05, 3.63) is 94.6 Å². The van der Waals surface area contributed by atoms with Gasteiger partial charge in [-0.05, 0) is 199 Å². The summed E-state index contributed by atoms with van der Waals surface area (Å²) in [7, 11) is 0. The summed E-state index contributed by atoms with van der Waals surface area (Å²) in [4.78, 5) is 77.3. The zero-order valence-electron chi connectivity index (χ0n) is 49.9. The van der Waals surface area contributed by atoms with Crippen molar-refractivity contribution in [2.45, 2.75) is 219 Å². The van der Waals surface area contributed by atoms with Crippen LogP contribution in [0.25, 0.3) is 33.2 Å². The number of benzene rings is 2. The summed E-state index contributed by atoms with van der Waals surface area (Å²) in [5, 5.41) is 5.47. The van der Waals surface area contributed by atoms with Crippen LogP contribution in [0.2, 0.25) is 0 Å². The number of H-pyrrole nitrogens is 2. The van der Waals surface area contributed by atoms with Crippen molar-refractivity contribution in [1.82, 2.24) is 40.4 Å². The number of halogens is 3.